The van der Waals surface area contributed by atoms with Crippen molar-refractivity contribution in [3.63, 3.8) is 0 Å². The maximum atomic E-state index is 13.6. The number of hydrogen-bond donors (Lipinski definition) is 1. The average Bonchev–Trinajstić information content (AvgIpc) is 2.46. The van der Waals surface area contributed by atoms with Crippen LogP contribution in [0.4, 0.5) is 10.1 Å². The van der Waals surface area contributed by atoms with Crippen LogP contribution in [0.5, 0.6) is 5.75 Å². The van der Waals surface area contributed by atoms with Crippen LogP contribution in [0.15, 0.2) is 18.2 Å². The SMILES string of the molecule is COc1ccc(N(C)C(=O)C2CCCCN2)cc1F. The molecule has 0 aliphatic carbocycles. The lowest BCUT2D eigenvalue weighted by molar-refractivity contribution is -0.120. The number of carbonyl (C=O) groups excluding carboxylic acids is 1. The molecule has 2 rings (SSSR count). The second kappa shape index (κ2) is 6.02. The highest BCUT2D eigenvalue weighted by Gasteiger charge is 2.24. The van der Waals surface area contributed by atoms with Crippen molar-refractivity contribution < 1.29 is 13.9 Å². The summed E-state index contributed by atoms with van der Waals surface area (Å²) in [5, 5.41) is 3.20. The van der Waals surface area contributed by atoms with Gasteiger partial charge in [-0.3, -0.25) is 4.79 Å². The van der Waals surface area contributed by atoms with Crippen molar-refractivity contribution >= 4 is 11.6 Å². The van der Waals surface area contributed by atoms with Crippen LogP contribution in [-0.2, 0) is 4.79 Å². The number of halogens is 1. The lowest BCUT2D eigenvalue weighted by atomic mass is 10.0. The van der Waals surface area contributed by atoms with Gasteiger partial charge in [0.1, 0.15) is 0 Å². The summed E-state index contributed by atoms with van der Waals surface area (Å²) in [6.45, 7) is 0.862. The van der Waals surface area contributed by atoms with E-state index in [1.165, 1.54) is 24.1 Å². The van der Waals surface area contributed by atoms with Gasteiger partial charge in [0, 0.05) is 18.8 Å². The minimum Gasteiger partial charge on any atom is -0.494 e. The summed E-state index contributed by atoms with van der Waals surface area (Å²) in [6.07, 6.45) is 2.99. The molecule has 1 saturated heterocycles. The van der Waals surface area contributed by atoms with Crippen molar-refractivity contribution in [1.29, 1.82) is 0 Å². The number of rotatable bonds is 3. The molecule has 1 fully saturated rings. The Labute approximate surface area is 112 Å². The van der Waals surface area contributed by atoms with E-state index in [2.05, 4.69) is 5.32 Å². The number of anilines is 1. The van der Waals surface area contributed by atoms with E-state index in [1.54, 1.807) is 13.1 Å². The number of piperidine rings is 1. The fourth-order valence-corrected chi connectivity index (χ4v) is 2.29. The molecule has 1 aliphatic heterocycles. The number of amides is 1. The first kappa shape index (κ1) is 13.8. The van der Waals surface area contributed by atoms with Crippen LogP contribution in [-0.4, -0.2) is 32.7 Å². The Bertz CT molecular complexity index is 459. The third kappa shape index (κ3) is 3.04. The van der Waals surface area contributed by atoms with Gasteiger partial charge < -0.3 is 15.0 Å². The summed E-state index contributed by atoms with van der Waals surface area (Å²) >= 11 is 0. The largest absolute Gasteiger partial charge is 0.494 e. The second-order valence-corrected chi connectivity index (χ2v) is 4.72. The lowest BCUT2D eigenvalue weighted by Gasteiger charge is -2.27. The zero-order valence-corrected chi connectivity index (χ0v) is 11.3. The molecule has 0 radical (unpaired) electrons. The van der Waals surface area contributed by atoms with E-state index < -0.39 is 5.82 Å². The zero-order valence-electron chi connectivity index (χ0n) is 11.3. The molecule has 1 aliphatic rings. The average molecular weight is 266 g/mol. The van der Waals surface area contributed by atoms with Crippen LogP contribution in [0.2, 0.25) is 0 Å². The van der Waals surface area contributed by atoms with E-state index in [9.17, 15) is 9.18 Å². The maximum Gasteiger partial charge on any atom is 0.243 e. The Balaban J connectivity index is 2.11. The molecule has 1 aromatic rings. The Morgan fingerprint density at radius 3 is 2.84 bits per heavy atom. The fraction of sp³-hybridized carbons (Fsp3) is 0.500. The molecule has 1 unspecified atom stereocenters. The van der Waals surface area contributed by atoms with E-state index in [4.69, 9.17) is 4.74 Å². The molecule has 1 amide bonds. The molecule has 0 aromatic heterocycles. The number of benzene rings is 1. The molecule has 5 heteroatoms. The Kier molecular flexibility index (Phi) is 4.37. The van der Waals surface area contributed by atoms with Crippen molar-refractivity contribution in [2.75, 3.05) is 25.6 Å². The van der Waals surface area contributed by atoms with Gasteiger partial charge in [0.2, 0.25) is 5.91 Å². The maximum absolute atomic E-state index is 13.6. The van der Waals surface area contributed by atoms with Crippen LogP contribution in [0.3, 0.4) is 0 Å². The van der Waals surface area contributed by atoms with Crippen LogP contribution in [0, 0.1) is 5.82 Å². The van der Waals surface area contributed by atoms with Crippen LogP contribution < -0.4 is 15.0 Å². The second-order valence-electron chi connectivity index (χ2n) is 4.72. The summed E-state index contributed by atoms with van der Waals surface area (Å²) in [6, 6.07) is 4.37. The monoisotopic (exact) mass is 266 g/mol. The van der Waals surface area contributed by atoms with Gasteiger partial charge in [-0.2, -0.15) is 0 Å². The van der Waals surface area contributed by atoms with Gasteiger partial charge >= 0.3 is 0 Å². The summed E-state index contributed by atoms with van der Waals surface area (Å²) in [5.74, 6) is -0.305. The minimum atomic E-state index is -0.462. The van der Waals surface area contributed by atoms with E-state index in [-0.39, 0.29) is 17.7 Å². The summed E-state index contributed by atoms with van der Waals surface area (Å²) in [4.78, 5) is 13.8. The predicted molar refractivity (Wildman–Crippen MR) is 72.0 cm³/mol. The number of nitrogens with zero attached hydrogens (tertiary/aromatic N) is 1. The minimum absolute atomic E-state index is 0.0238. The van der Waals surface area contributed by atoms with E-state index in [1.807, 2.05) is 0 Å². The van der Waals surface area contributed by atoms with Crippen LogP contribution >= 0.6 is 0 Å². The van der Waals surface area contributed by atoms with Gasteiger partial charge in [0.15, 0.2) is 11.6 Å². The highest BCUT2D eigenvalue weighted by Crippen LogP contribution is 2.23. The topological polar surface area (TPSA) is 41.6 Å². The van der Waals surface area contributed by atoms with Crippen molar-refractivity contribution in [3.8, 4) is 5.75 Å². The molecule has 104 valence electrons. The quantitative estimate of drug-likeness (QED) is 0.909. The number of nitrogens with one attached hydrogen (secondary N) is 1. The highest BCUT2D eigenvalue weighted by molar-refractivity contribution is 5.96. The Hall–Kier alpha value is -1.62. The Morgan fingerprint density at radius 1 is 1.47 bits per heavy atom. The molecule has 0 saturated carbocycles. The van der Waals surface area contributed by atoms with Crippen LogP contribution in [0.1, 0.15) is 19.3 Å². The molecule has 4 nitrogen and oxygen atoms in total. The first-order valence-electron chi connectivity index (χ1n) is 6.48. The first-order chi connectivity index (χ1) is 9.13. The van der Waals surface area contributed by atoms with Gasteiger partial charge in [0.25, 0.3) is 0 Å². The fourth-order valence-electron chi connectivity index (χ4n) is 2.29. The Morgan fingerprint density at radius 2 is 2.26 bits per heavy atom. The zero-order chi connectivity index (χ0) is 13.8. The number of hydrogen-bond acceptors (Lipinski definition) is 3. The van der Waals surface area contributed by atoms with Gasteiger partial charge in [-0.15, -0.1) is 0 Å². The van der Waals surface area contributed by atoms with Crippen molar-refractivity contribution in [2.24, 2.45) is 0 Å². The molecule has 1 heterocycles. The van der Waals surface area contributed by atoms with Crippen molar-refractivity contribution in [1.82, 2.24) is 5.32 Å². The first-order valence-corrected chi connectivity index (χ1v) is 6.48. The molecular formula is C14H19FN2O2. The van der Waals surface area contributed by atoms with E-state index in [0.29, 0.717) is 5.69 Å². The third-order valence-electron chi connectivity index (χ3n) is 3.46. The lowest BCUT2D eigenvalue weighted by Crippen LogP contribution is -2.47. The molecule has 19 heavy (non-hydrogen) atoms. The van der Waals surface area contributed by atoms with Gasteiger partial charge in [-0.05, 0) is 31.5 Å². The molecule has 0 spiro atoms. The predicted octanol–water partition coefficient (Wildman–Crippen LogP) is 1.94. The summed E-state index contributed by atoms with van der Waals surface area (Å²) < 4.78 is 18.5. The molecular weight excluding hydrogens is 247 g/mol. The van der Waals surface area contributed by atoms with Gasteiger partial charge in [0.05, 0.1) is 13.2 Å². The molecule has 1 atom stereocenters. The molecule has 1 N–H and O–H groups in total. The van der Waals surface area contributed by atoms with Crippen LogP contribution in [0.25, 0.3) is 0 Å². The smallest absolute Gasteiger partial charge is 0.243 e. The summed E-state index contributed by atoms with van der Waals surface area (Å²) in [5.41, 5.74) is 0.538. The standard InChI is InChI=1S/C14H19FN2O2/c1-17(14(18)12-5-3-4-8-16-12)10-6-7-13(19-2)11(15)9-10/h6-7,9,12,16H,3-5,8H2,1-2H3. The van der Waals surface area contributed by atoms with E-state index in [0.717, 1.165) is 25.8 Å². The van der Waals surface area contributed by atoms with E-state index >= 15 is 0 Å². The van der Waals surface area contributed by atoms with Gasteiger partial charge in [-0.25, -0.2) is 4.39 Å². The van der Waals surface area contributed by atoms with Gasteiger partial charge in [-0.1, -0.05) is 6.42 Å². The summed E-state index contributed by atoms with van der Waals surface area (Å²) in [7, 11) is 3.08. The van der Waals surface area contributed by atoms with Crippen molar-refractivity contribution in [2.45, 2.75) is 25.3 Å². The number of ether oxygens (including phenoxy) is 1. The van der Waals surface area contributed by atoms with Crippen molar-refractivity contribution in [3.05, 3.63) is 24.0 Å². The molecule has 0 bridgehead atoms. The number of likely N-dealkylation sites (N-methyl/N-ethyl adjacent to an activating group) is 1. The third-order valence-corrected chi connectivity index (χ3v) is 3.46. The highest BCUT2D eigenvalue weighted by atomic mass is 19.1. The normalized spacial score (nSPS) is 19.0. The molecule has 1 aromatic carbocycles. The number of methoxy groups -OCH3 is 1. The number of carbonyl (C=O) groups is 1.